The highest BCUT2D eigenvalue weighted by atomic mass is 32.2. The summed E-state index contributed by atoms with van der Waals surface area (Å²) in [6, 6.07) is 0. The van der Waals surface area contributed by atoms with Gasteiger partial charge in [-0.3, -0.25) is 4.79 Å². The van der Waals surface area contributed by atoms with Crippen molar-refractivity contribution in [1.29, 1.82) is 0 Å². The summed E-state index contributed by atoms with van der Waals surface area (Å²) in [6.45, 7) is 3.87. The van der Waals surface area contributed by atoms with Crippen molar-refractivity contribution in [3.63, 3.8) is 0 Å². The average Bonchev–Trinajstić information content (AvgIpc) is 1.99. The maximum atomic E-state index is 10.6. The smallest absolute Gasteiger partial charge is 0.304 e. The van der Waals surface area contributed by atoms with E-state index in [-0.39, 0.29) is 4.75 Å². The molecule has 13 heavy (non-hydrogen) atoms. The van der Waals surface area contributed by atoms with E-state index in [1.54, 1.807) is 0 Å². The fourth-order valence-corrected chi connectivity index (χ4v) is 2.89. The van der Waals surface area contributed by atoms with Crippen LogP contribution in [0.5, 0.6) is 0 Å². The third-order valence-corrected chi connectivity index (χ3v) is 3.81. The molecule has 0 radical (unpaired) electrons. The highest BCUT2D eigenvalue weighted by Crippen LogP contribution is 2.33. The van der Waals surface area contributed by atoms with Crippen molar-refractivity contribution in [2.45, 2.75) is 30.9 Å². The van der Waals surface area contributed by atoms with Crippen LogP contribution in [0, 0.1) is 0 Å². The van der Waals surface area contributed by atoms with Crippen LogP contribution < -0.4 is 5.32 Å². The molecule has 0 amide bonds. The summed E-state index contributed by atoms with van der Waals surface area (Å²) in [5, 5.41) is 11.9. The van der Waals surface area contributed by atoms with Crippen LogP contribution in [0.4, 0.5) is 0 Å². The summed E-state index contributed by atoms with van der Waals surface area (Å²) in [7, 11) is 0. The first-order valence-corrected chi connectivity index (χ1v) is 5.73. The van der Waals surface area contributed by atoms with Crippen molar-refractivity contribution in [1.82, 2.24) is 5.32 Å². The van der Waals surface area contributed by atoms with Crippen LogP contribution in [0.1, 0.15) is 26.2 Å². The van der Waals surface area contributed by atoms with Crippen LogP contribution in [0.3, 0.4) is 0 Å². The predicted molar refractivity (Wildman–Crippen MR) is 55.2 cm³/mol. The first-order valence-electron chi connectivity index (χ1n) is 4.75. The Balaban J connectivity index is 2.27. The second-order valence-electron chi connectivity index (χ2n) is 3.56. The molecule has 1 rings (SSSR count). The summed E-state index contributed by atoms with van der Waals surface area (Å²) >= 11 is 1.82. The summed E-state index contributed by atoms with van der Waals surface area (Å²) < 4.78 is 0.000995. The molecule has 0 bridgehead atoms. The van der Waals surface area contributed by atoms with E-state index in [2.05, 4.69) is 12.2 Å². The fourth-order valence-electron chi connectivity index (χ4n) is 1.39. The van der Waals surface area contributed by atoms with E-state index >= 15 is 0 Å². The van der Waals surface area contributed by atoms with Crippen LogP contribution in [0.2, 0.25) is 0 Å². The summed E-state index contributed by atoms with van der Waals surface area (Å²) in [5.41, 5.74) is 0. The normalized spacial score (nSPS) is 19.5. The summed E-state index contributed by atoms with van der Waals surface area (Å²) in [5.74, 6) is 0.413. The van der Waals surface area contributed by atoms with Gasteiger partial charge in [0.05, 0.1) is 11.2 Å². The molecular formula is C9H17NO2S. The molecule has 2 N–H and O–H groups in total. The minimum atomic E-state index is -0.675. The van der Waals surface area contributed by atoms with E-state index in [1.807, 2.05) is 11.8 Å². The van der Waals surface area contributed by atoms with E-state index in [4.69, 9.17) is 5.11 Å². The van der Waals surface area contributed by atoms with Gasteiger partial charge in [0.15, 0.2) is 0 Å². The van der Waals surface area contributed by atoms with Gasteiger partial charge in [-0.1, -0.05) is 13.3 Å². The monoisotopic (exact) mass is 203 g/mol. The van der Waals surface area contributed by atoms with Gasteiger partial charge in [0, 0.05) is 13.1 Å². The van der Waals surface area contributed by atoms with E-state index in [0.717, 1.165) is 18.8 Å². The molecule has 1 saturated heterocycles. The van der Waals surface area contributed by atoms with Crippen LogP contribution in [-0.4, -0.2) is 34.7 Å². The van der Waals surface area contributed by atoms with Gasteiger partial charge in [-0.2, -0.15) is 11.8 Å². The van der Waals surface area contributed by atoms with E-state index in [0.29, 0.717) is 6.42 Å². The third kappa shape index (κ3) is 3.19. The number of unbranched alkanes of at least 4 members (excludes halogenated alkanes) is 1. The maximum absolute atomic E-state index is 10.6. The molecule has 0 aromatic rings. The standard InChI is InChI=1S/C9H17NO2S/c1-2-3-4-13-9(5-8(11)12)6-10-7-9/h10H,2-7H2,1H3,(H,11,12). The lowest BCUT2D eigenvalue weighted by molar-refractivity contribution is -0.138. The second-order valence-corrected chi connectivity index (χ2v) is 5.12. The van der Waals surface area contributed by atoms with E-state index < -0.39 is 5.97 Å². The molecule has 0 atom stereocenters. The van der Waals surface area contributed by atoms with Crippen LogP contribution in [0.15, 0.2) is 0 Å². The van der Waals surface area contributed by atoms with Gasteiger partial charge in [-0.25, -0.2) is 0 Å². The largest absolute Gasteiger partial charge is 0.481 e. The molecule has 0 saturated carbocycles. The quantitative estimate of drug-likeness (QED) is 0.640. The second kappa shape index (κ2) is 4.86. The number of carboxylic acids is 1. The molecule has 1 heterocycles. The molecule has 0 aliphatic carbocycles. The summed E-state index contributed by atoms with van der Waals surface area (Å²) in [6.07, 6.45) is 2.67. The number of hydrogen-bond acceptors (Lipinski definition) is 3. The Morgan fingerprint density at radius 1 is 1.62 bits per heavy atom. The Morgan fingerprint density at radius 2 is 2.31 bits per heavy atom. The van der Waals surface area contributed by atoms with Gasteiger partial charge in [-0.15, -0.1) is 0 Å². The van der Waals surface area contributed by atoms with Crippen molar-refractivity contribution in [2.75, 3.05) is 18.8 Å². The number of carbonyl (C=O) groups is 1. The third-order valence-electron chi connectivity index (χ3n) is 2.27. The molecule has 0 aromatic heterocycles. The fraction of sp³-hybridized carbons (Fsp3) is 0.889. The van der Waals surface area contributed by atoms with Crippen molar-refractivity contribution >= 4 is 17.7 Å². The van der Waals surface area contributed by atoms with E-state index in [1.165, 1.54) is 12.8 Å². The van der Waals surface area contributed by atoms with Crippen LogP contribution in [-0.2, 0) is 4.79 Å². The Bertz CT molecular complexity index is 180. The Morgan fingerprint density at radius 3 is 2.69 bits per heavy atom. The van der Waals surface area contributed by atoms with Crippen molar-refractivity contribution in [2.24, 2.45) is 0 Å². The Hall–Kier alpha value is -0.220. The van der Waals surface area contributed by atoms with Gasteiger partial charge >= 0.3 is 5.97 Å². The van der Waals surface area contributed by atoms with Crippen molar-refractivity contribution < 1.29 is 9.90 Å². The van der Waals surface area contributed by atoms with Gasteiger partial charge < -0.3 is 10.4 Å². The number of carboxylic acid groups (broad SMARTS) is 1. The first kappa shape index (κ1) is 10.9. The van der Waals surface area contributed by atoms with Gasteiger partial charge in [0.1, 0.15) is 0 Å². The summed E-state index contributed by atoms with van der Waals surface area (Å²) in [4.78, 5) is 10.6. The minimum absolute atomic E-state index is 0.000995. The lowest BCUT2D eigenvalue weighted by atomic mass is 9.98. The number of thioether (sulfide) groups is 1. The maximum Gasteiger partial charge on any atom is 0.304 e. The van der Waals surface area contributed by atoms with Crippen LogP contribution in [0.25, 0.3) is 0 Å². The van der Waals surface area contributed by atoms with Gasteiger partial charge in [-0.05, 0) is 12.2 Å². The number of rotatable bonds is 6. The van der Waals surface area contributed by atoms with Crippen molar-refractivity contribution in [3.8, 4) is 0 Å². The lowest BCUT2D eigenvalue weighted by Crippen LogP contribution is -2.58. The molecule has 0 unspecified atom stereocenters. The van der Waals surface area contributed by atoms with E-state index in [9.17, 15) is 4.79 Å². The highest BCUT2D eigenvalue weighted by Gasteiger charge is 2.39. The van der Waals surface area contributed by atoms with Gasteiger partial charge in [0.25, 0.3) is 0 Å². The average molecular weight is 203 g/mol. The molecular weight excluding hydrogens is 186 g/mol. The zero-order chi connectivity index (χ0) is 9.73. The van der Waals surface area contributed by atoms with Crippen LogP contribution >= 0.6 is 11.8 Å². The lowest BCUT2D eigenvalue weighted by Gasteiger charge is -2.41. The number of nitrogens with one attached hydrogen (secondary N) is 1. The molecule has 3 nitrogen and oxygen atoms in total. The van der Waals surface area contributed by atoms with Crippen molar-refractivity contribution in [3.05, 3.63) is 0 Å². The highest BCUT2D eigenvalue weighted by molar-refractivity contribution is 8.00. The Labute approximate surface area is 83.3 Å². The Kier molecular flexibility index (Phi) is 4.06. The predicted octanol–water partition coefficient (Wildman–Crippen LogP) is 1.34. The topological polar surface area (TPSA) is 49.3 Å². The molecule has 1 aliphatic heterocycles. The molecule has 76 valence electrons. The molecule has 0 spiro atoms. The number of aliphatic carboxylic acids is 1. The minimum Gasteiger partial charge on any atom is -0.481 e. The molecule has 0 aromatic carbocycles. The zero-order valence-electron chi connectivity index (χ0n) is 8.01. The molecule has 1 aliphatic rings. The number of hydrogen-bond donors (Lipinski definition) is 2. The first-order chi connectivity index (χ1) is 6.18. The molecule has 1 fully saturated rings. The van der Waals surface area contributed by atoms with Gasteiger partial charge in [0.2, 0.25) is 0 Å². The molecule has 4 heteroatoms. The zero-order valence-corrected chi connectivity index (χ0v) is 8.82. The SMILES string of the molecule is CCCCSC1(CC(=O)O)CNC1.